The molecule has 0 saturated carbocycles. The van der Waals surface area contributed by atoms with Crippen LogP contribution >= 0.6 is 11.6 Å². The van der Waals surface area contributed by atoms with Crippen molar-refractivity contribution in [1.82, 2.24) is 19.9 Å². The number of halogens is 2. The van der Waals surface area contributed by atoms with Crippen LogP contribution in [0.15, 0.2) is 30.6 Å². The summed E-state index contributed by atoms with van der Waals surface area (Å²) in [5.41, 5.74) is 0.108. The van der Waals surface area contributed by atoms with E-state index in [4.69, 9.17) is 35.3 Å². The largest absolute Gasteiger partial charge is 0.486 e. The Morgan fingerprint density at radius 3 is 2.66 bits per heavy atom. The number of esters is 1. The Kier molecular flexibility index (Phi) is 11.1. The first kappa shape index (κ1) is 31.8. The zero-order valence-electron chi connectivity index (χ0n) is 23.8. The summed E-state index contributed by atoms with van der Waals surface area (Å²) in [5, 5.41) is 9.80. The first-order chi connectivity index (χ1) is 19.4. The van der Waals surface area contributed by atoms with Gasteiger partial charge < -0.3 is 34.3 Å². The molecule has 3 rings (SSSR count). The van der Waals surface area contributed by atoms with Gasteiger partial charge in [-0.2, -0.15) is 5.10 Å². The van der Waals surface area contributed by atoms with Crippen LogP contribution in [0.2, 0.25) is 5.02 Å². The van der Waals surface area contributed by atoms with E-state index in [-0.39, 0.29) is 48.5 Å². The molecule has 2 aromatic heterocycles. The van der Waals surface area contributed by atoms with Gasteiger partial charge in [0.25, 0.3) is 0 Å². The quantitative estimate of drug-likeness (QED) is 0.162. The molecule has 0 spiro atoms. The monoisotopic (exact) mass is 595 g/mol. The molecule has 2 N–H and O–H groups in total. The maximum absolute atomic E-state index is 14.6. The van der Waals surface area contributed by atoms with Crippen molar-refractivity contribution in [2.75, 3.05) is 39.0 Å². The maximum atomic E-state index is 14.6. The number of ether oxygens (including phenoxy) is 5. The highest BCUT2D eigenvalue weighted by molar-refractivity contribution is 6.31. The maximum Gasteiger partial charge on any atom is 0.407 e. The number of nitrogens with zero attached hydrogens (tertiary/aromatic N) is 3. The Labute approximate surface area is 242 Å². The fourth-order valence-electron chi connectivity index (χ4n) is 3.74. The summed E-state index contributed by atoms with van der Waals surface area (Å²) in [6.45, 7) is 8.96. The van der Waals surface area contributed by atoms with Gasteiger partial charge in [0, 0.05) is 18.9 Å². The van der Waals surface area contributed by atoms with Crippen LogP contribution in [0.1, 0.15) is 56.6 Å². The van der Waals surface area contributed by atoms with Crippen molar-refractivity contribution < 1.29 is 37.7 Å². The Balaban J connectivity index is 1.85. The zero-order chi connectivity index (χ0) is 30.2. The Hall–Kier alpha value is -3.68. The first-order valence-corrected chi connectivity index (χ1v) is 13.3. The van der Waals surface area contributed by atoms with E-state index in [1.807, 2.05) is 0 Å². The summed E-state index contributed by atoms with van der Waals surface area (Å²) in [6.07, 6.45) is 1.66. The second-order valence-corrected chi connectivity index (χ2v) is 10.3. The highest BCUT2D eigenvalue weighted by atomic mass is 35.5. The van der Waals surface area contributed by atoms with E-state index in [0.29, 0.717) is 11.4 Å². The normalized spacial score (nSPS) is 13.0. The van der Waals surface area contributed by atoms with Crippen molar-refractivity contribution in [3.05, 3.63) is 52.6 Å². The summed E-state index contributed by atoms with van der Waals surface area (Å²) in [4.78, 5) is 29.0. The van der Waals surface area contributed by atoms with Crippen LogP contribution in [-0.4, -0.2) is 72.0 Å². The summed E-state index contributed by atoms with van der Waals surface area (Å²) in [7, 11) is 1.48. The number of benzene rings is 1. The fourth-order valence-corrected chi connectivity index (χ4v) is 4.06. The number of anilines is 1. The minimum Gasteiger partial charge on any atom is -0.486 e. The van der Waals surface area contributed by atoms with Gasteiger partial charge in [0.2, 0.25) is 0 Å². The smallest absolute Gasteiger partial charge is 0.407 e. The average Bonchev–Trinajstić information content (AvgIpc) is 3.32. The zero-order valence-corrected chi connectivity index (χ0v) is 24.6. The number of amides is 1. The van der Waals surface area contributed by atoms with E-state index < -0.39 is 35.6 Å². The third-order valence-corrected chi connectivity index (χ3v) is 5.81. The molecule has 224 valence electrons. The molecule has 1 amide bonds. The molecule has 0 aliphatic heterocycles. The fraction of sp³-hybridized carbons (Fsp3) is 0.481. The molecule has 2 atom stereocenters. The average molecular weight is 596 g/mol. The molecule has 0 fully saturated rings. The molecular weight excluding hydrogens is 561 g/mol. The number of methoxy groups -OCH3 is 1. The van der Waals surface area contributed by atoms with Gasteiger partial charge in [-0.25, -0.2) is 23.5 Å². The number of hydrogen-bond acceptors (Lipinski definition) is 10. The molecule has 0 radical (unpaired) electrons. The van der Waals surface area contributed by atoms with Gasteiger partial charge in [-0.15, -0.1) is 0 Å². The third kappa shape index (κ3) is 8.90. The number of hydrogen-bond donors (Lipinski definition) is 2. The Morgan fingerprint density at radius 2 is 1.98 bits per heavy atom. The van der Waals surface area contributed by atoms with Gasteiger partial charge >= 0.3 is 12.1 Å². The Morgan fingerprint density at radius 1 is 1.22 bits per heavy atom. The lowest BCUT2D eigenvalue weighted by Gasteiger charge is -2.25. The van der Waals surface area contributed by atoms with Gasteiger partial charge in [-0.1, -0.05) is 11.6 Å². The molecule has 41 heavy (non-hydrogen) atoms. The van der Waals surface area contributed by atoms with Crippen LogP contribution in [-0.2, 0) is 18.9 Å². The van der Waals surface area contributed by atoms with Crippen LogP contribution in [0.3, 0.4) is 0 Å². The second-order valence-electron chi connectivity index (χ2n) is 9.90. The van der Waals surface area contributed by atoms with E-state index >= 15 is 0 Å². The van der Waals surface area contributed by atoms with Crippen LogP contribution < -0.4 is 15.4 Å². The van der Waals surface area contributed by atoms with E-state index in [1.54, 1.807) is 46.9 Å². The number of alkyl carbamates (subject to hydrolysis) is 1. The molecule has 0 saturated heterocycles. The predicted molar refractivity (Wildman–Crippen MR) is 149 cm³/mol. The van der Waals surface area contributed by atoms with Crippen molar-refractivity contribution in [2.45, 2.75) is 52.4 Å². The van der Waals surface area contributed by atoms with Crippen molar-refractivity contribution in [2.24, 2.45) is 0 Å². The van der Waals surface area contributed by atoms with Crippen LogP contribution in [0.4, 0.5) is 15.0 Å². The lowest BCUT2D eigenvalue weighted by atomic mass is 10.1. The molecule has 0 bridgehead atoms. The summed E-state index contributed by atoms with van der Waals surface area (Å²) in [5.74, 6) is -0.573. The third-order valence-electron chi connectivity index (χ3n) is 5.43. The standard InChI is InChI=1S/C27H35ClFN5O7/c1-7-39-25(35)18-13-31-34-11-10-21(33-24(18)34)32-16(2)22-20(9-8-19(29)23(22)28)40-17(14-38-15-37-6)12-30-26(36)41-27(3,4)5/h8-11,13,16-17H,7,12,14-15H2,1-6H3,(H,30,36)(H,32,33)/t16-,17-/m0/s1. The minimum absolute atomic E-state index is 0.00217. The molecule has 2 heterocycles. The number of nitrogens with one attached hydrogen (secondary N) is 2. The van der Waals surface area contributed by atoms with E-state index in [1.165, 1.54) is 30.0 Å². The lowest BCUT2D eigenvalue weighted by Crippen LogP contribution is -2.41. The Bertz CT molecular complexity index is 1350. The molecule has 14 heteroatoms. The van der Waals surface area contributed by atoms with Crippen molar-refractivity contribution in [3.8, 4) is 5.75 Å². The molecule has 0 aliphatic rings. The summed E-state index contributed by atoms with van der Waals surface area (Å²) < 4.78 is 43.0. The predicted octanol–water partition coefficient (Wildman–Crippen LogP) is 4.76. The first-order valence-electron chi connectivity index (χ1n) is 12.9. The SMILES string of the molecule is CCOC(=O)c1cnn2ccc(N[C@@H](C)c3c(O[C@@H](CNC(=O)OC(C)(C)C)COCOC)ccc(F)c3Cl)nc12. The lowest BCUT2D eigenvalue weighted by molar-refractivity contribution is -0.0562. The van der Waals surface area contributed by atoms with E-state index in [0.717, 1.165) is 0 Å². The van der Waals surface area contributed by atoms with Gasteiger partial charge in [-0.3, -0.25) is 0 Å². The number of fused-ring (bicyclic) bond motifs is 1. The van der Waals surface area contributed by atoms with Crippen molar-refractivity contribution in [1.29, 1.82) is 0 Å². The summed E-state index contributed by atoms with van der Waals surface area (Å²) in [6, 6.07) is 3.66. The van der Waals surface area contributed by atoms with Gasteiger partial charge in [0.05, 0.1) is 37.0 Å². The van der Waals surface area contributed by atoms with Crippen molar-refractivity contribution in [3.63, 3.8) is 0 Å². The number of carbonyl (C=O) groups excluding carboxylic acids is 2. The number of rotatable bonds is 13. The van der Waals surface area contributed by atoms with Crippen LogP contribution in [0.5, 0.6) is 5.75 Å². The molecule has 0 unspecified atom stereocenters. The molecule has 3 aromatic rings. The molecule has 1 aromatic carbocycles. The van der Waals surface area contributed by atoms with E-state index in [9.17, 15) is 14.0 Å². The van der Waals surface area contributed by atoms with Gasteiger partial charge in [-0.05, 0) is 52.8 Å². The number of aromatic nitrogens is 3. The van der Waals surface area contributed by atoms with Crippen LogP contribution in [0.25, 0.3) is 5.65 Å². The highest BCUT2D eigenvalue weighted by Crippen LogP contribution is 2.36. The minimum atomic E-state index is -0.710. The number of carbonyl (C=O) groups is 2. The van der Waals surface area contributed by atoms with Gasteiger partial charge in [0.15, 0.2) is 5.65 Å². The second kappa shape index (κ2) is 14.3. The highest BCUT2D eigenvalue weighted by Gasteiger charge is 2.24. The van der Waals surface area contributed by atoms with Crippen LogP contribution in [0, 0.1) is 5.82 Å². The topological polar surface area (TPSA) is 135 Å². The molecular formula is C27H35ClFN5O7. The van der Waals surface area contributed by atoms with E-state index in [2.05, 4.69) is 20.7 Å². The van der Waals surface area contributed by atoms with Gasteiger partial charge in [0.1, 0.15) is 41.4 Å². The van der Waals surface area contributed by atoms with Crippen molar-refractivity contribution >= 4 is 35.1 Å². The molecule has 0 aliphatic carbocycles. The molecule has 12 nitrogen and oxygen atoms in total. The summed E-state index contributed by atoms with van der Waals surface area (Å²) >= 11 is 6.42.